The fourth-order valence-corrected chi connectivity index (χ4v) is 1.92. The Morgan fingerprint density at radius 3 is 2.27 bits per heavy atom. The van der Waals surface area contributed by atoms with E-state index in [1.165, 1.54) is 4.90 Å². The van der Waals surface area contributed by atoms with E-state index in [0.29, 0.717) is 12.8 Å². The second kappa shape index (κ2) is 4.51. The molecule has 0 bridgehead atoms. The molecule has 0 radical (unpaired) electrons. The molecule has 0 aromatic heterocycles. The molecule has 0 unspecified atom stereocenters. The lowest BCUT2D eigenvalue weighted by Gasteiger charge is -2.25. The average Bonchev–Trinajstić information content (AvgIpc) is 2.63. The molecule has 5 nitrogen and oxygen atoms in total. The topological polar surface area (TPSA) is 69.6 Å². The van der Waals surface area contributed by atoms with E-state index in [9.17, 15) is 9.59 Å². The van der Waals surface area contributed by atoms with Crippen molar-refractivity contribution in [2.45, 2.75) is 25.7 Å². The second-order valence-electron chi connectivity index (χ2n) is 4.35. The molecular weight excluding hydrogens is 196 g/mol. The maximum absolute atomic E-state index is 11.3. The third-order valence-corrected chi connectivity index (χ3v) is 3.00. The number of carboxylic acid groups (broad SMARTS) is 1. The lowest BCUT2D eigenvalue weighted by molar-refractivity contribution is -0.148. The molecule has 2 amide bonds. The van der Waals surface area contributed by atoms with Crippen molar-refractivity contribution in [2.24, 2.45) is 5.41 Å². The molecule has 0 aromatic carbocycles. The summed E-state index contributed by atoms with van der Waals surface area (Å²) in [5.74, 6) is -0.793. The van der Waals surface area contributed by atoms with Crippen molar-refractivity contribution in [3.05, 3.63) is 0 Å². The zero-order valence-corrected chi connectivity index (χ0v) is 9.25. The number of carbonyl (C=O) groups is 2. The van der Waals surface area contributed by atoms with Gasteiger partial charge in [0.1, 0.15) is 0 Å². The van der Waals surface area contributed by atoms with E-state index in [0.717, 1.165) is 12.8 Å². The summed E-state index contributed by atoms with van der Waals surface area (Å²) in [5, 5.41) is 11.8. The fourth-order valence-electron chi connectivity index (χ4n) is 1.92. The van der Waals surface area contributed by atoms with Crippen molar-refractivity contribution in [3.63, 3.8) is 0 Å². The molecule has 1 aliphatic rings. The number of carbonyl (C=O) groups excluding carboxylic acids is 1. The van der Waals surface area contributed by atoms with E-state index in [-0.39, 0.29) is 12.6 Å². The minimum Gasteiger partial charge on any atom is -0.481 e. The standard InChI is InChI=1S/C10H18N2O3/c1-12(2)9(15)11-7-10(8(13)14)5-3-4-6-10/h3-7H2,1-2H3,(H,11,15)(H,13,14). The van der Waals surface area contributed by atoms with Gasteiger partial charge < -0.3 is 15.3 Å². The first-order valence-electron chi connectivity index (χ1n) is 5.16. The first-order valence-corrected chi connectivity index (χ1v) is 5.16. The number of rotatable bonds is 3. The fraction of sp³-hybridized carbons (Fsp3) is 0.800. The predicted octanol–water partition coefficient (Wildman–Crippen LogP) is 0.903. The van der Waals surface area contributed by atoms with E-state index in [1.807, 2.05) is 0 Å². The van der Waals surface area contributed by atoms with Crippen LogP contribution in [0.2, 0.25) is 0 Å². The van der Waals surface area contributed by atoms with E-state index < -0.39 is 11.4 Å². The van der Waals surface area contributed by atoms with Crippen LogP contribution >= 0.6 is 0 Å². The van der Waals surface area contributed by atoms with Gasteiger partial charge in [-0.15, -0.1) is 0 Å². The lowest BCUT2D eigenvalue weighted by atomic mass is 9.86. The quantitative estimate of drug-likeness (QED) is 0.733. The number of nitrogens with zero attached hydrogens (tertiary/aromatic N) is 1. The molecule has 0 atom stereocenters. The Hall–Kier alpha value is -1.26. The predicted molar refractivity (Wildman–Crippen MR) is 55.6 cm³/mol. The Bertz CT molecular complexity index is 257. The average molecular weight is 214 g/mol. The summed E-state index contributed by atoms with van der Waals surface area (Å²) in [6.45, 7) is 0.235. The third-order valence-electron chi connectivity index (χ3n) is 3.00. The van der Waals surface area contributed by atoms with Gasteiger partial charge in [-0.1, -0.05) is 12.8 Å². The van der Waals surface area contributed by atoms with Gasteiger partial charge in [0, 0.05) is 20.6 Å². The molecule has 1 saturated carbocycles. The minimum absolute atomic E-state index is 0.234. The summed E-state index contributed by atoms with van der Waals surface area (Å²) in [6, 6.07) is -0.234. The molecule has 1 aliphatic carbocycles. The number of hydrogen-bond acceptors (Lipinski definition) is 2. The van der Waals surface area contributed by atoms with Gasteiger partial charge in [0.15, 0.2) is 0 Å². The molecule has 1 fully saturated rings. The highest BCUT2D eigenvalue weighted by Gasteiger charge is 2.41. The highest BCUT2D eigenvalue weighted by Crippen LogP contribution is 2.37. The largest absolute Gasteiger partial charge is 0.481 e. The van der Waals surface area contributed by atoms with E-state index in [1.54, 1.807) is 14.1 Å². The van der Waals surface area contributed by atoms with E-state index in [2.05, 4.69) is 5.32 Å². The first-order chi connectivity index (χ1) is 6.98. The van der Waals surface area contributed by atoms with E-state index >= 15 is 0 Å². The highest BCUT2D eigenvalue weighted by molar-refractivity contribution is 5.78. The monoisotopic (exact) mass is 214 g/mol. The smallest absolute Gasteiger partial charge is 0.316 e. The molecule has 0 spiro atoms. The molecular formula is C10H18N2O3. The van der Waals surface area contributed by atoms with Crippen molar-refractivity contribution < 1.29 is 14.7 Å². The van der Waals surface area contributed by atoms with Gasteiger partial charge in [-0.05, 0) is 12.8 Å². The third kappa shape index (κ3) is 2.61. The molecule has 1 rings (SSSR count). The van der Waals surface area contributed by atoms with Crippen molar-refractivity contribution in [2.75, 3.05) is 20.6 Å². The number of hydrogen-bond donors (Lipinski definition) is 2. The molecule has 15 heavy (non-hydrogen) atoms. The molecule has 0 aliphatic heterocycles. The number of urea groups is 1. The molecule has 5 heteroatoms. The van der Waals surface area contributed by atoms with Crippen LogP contribution in [-0.4, -0.2) is 42.6 Å². The molecule has 2 N–H and O–H groups in total. The Kier molecular flexibility index (Phi) is 3.55. The van der Waals surface area contributed by atoms with Gasteiger partial charge in [0.05, 0.1) is 5.41 Å². The molecule has 0 heterocycles. The maximum atomic E-state index is 11.3. The van der Waals surface area contributed by atoms with Crippen LogP contribution in [0.5, 0.6) is 0 Å². The van der Waals surface area contributed by atoms with Crippen LogP contribution in [0.25, 0.3) is 0 Å². The van der Waals surface area contributed by atoms with Gasteiger partial charge >= 0.3 is 12.0 Å². The zero-order valence-electron chi connectivity index (χ0n) is 9.25. The van der Waals surface area contributed by atoms with Crippen LogP contribution in [0.15, 0.2) is 0 Å². The second-order valence-corrected chi connectivity index (χ2v) is 4.35. The van der Waals surface area contributed by atoms with Crippen molar-refractivity contribution in [3.8, 4) is 0 Å². The summed E-state index contributed by atoms with van der Waals surface area (Å²) >= 11 is 0. The van der Waals surface area contributed by atoms with Gasteiger partial charge in [-0.25, -0.2) is 4.79 Å². The van der Waals surface area contributed by atoms with Gasteiger partial charge in [0.2, 0.25) is 0 Å². The van der Waals surface area contributed by atoms with Crippen molar-refractivity contribution in [1.29, 1.82) is 0 Å². The summed E-state index contributed by atoms with van der Waals surface area (Å²) in [6.07, 6.45) is 3.19. The summed E-state index contributed by atoms with van der Waals surface area (Å²) in [4.78, 5) is 23.8. The van der Waals surface area contributed by atoms with Gasteiger partial charge in [-0.3, -0.25) is 4.79 Å². The summed E-state index contributed by atoms with van der Waals surface area (Å²) in [7, 11) is 3.27. The van der Waals surface area contributed by atoms with Crippen LogP contribution in [-0.2, 0) is 4.79 Å². The van der Waals surface area contributed by atoms with Crippen molar-refractivity contribution >= 4 is 12.0 Å². The Morgan fingerprint density at radius 1 is 1.33 bits per heavy atom. The minimum atomic E-state index is -0.793. The number of aliphatic carboxylic acids is 1. The zero-order chi connectivity index (χ0) is 11.5. The normalized spacial score (nSPS) is 18.5. The molecule has 0 saturated heterocycles. The number of carboxylic acids is 1. The van der Waals surface area contributed by atoms with Crippen LogP contribution in [0.1, 0.15) is 25.7 Å². The van der Waals surface area contributed by atoms with Gasteiger partial charge in [0.25, 0.3) is 0 Å². The Labute approximate surface area is 89.4 Å². The molecule has 0 aromatic rings. The van der Waals surface area contributed by atoms with Crippen LogP contribution in [0, 0.1) is 5.41 Å². The number of amides is 2. The van der Waals surface area contributed by atoms with Crippen molar-refractivity contribution in [1.82, 2.24) is 10.2 Å². The van der Waals surface area contributed by atoms with Gasteiger partial charge in [-0.2, -0.15) is 0 Å². The Balaban J connectivity index is 2.53. The summed E-state index contributed by atoms with van der Waals surface area (Å²) in [5.41, 5.74) is -0.730. The first kappa shape index (κ1) is 11.8. The highest BCUT2D eigenvalue weighted by atomic mass is 16.4. The van der Waals surface area contributed by atoms with Crippen LogP contribution in [0.4, 0.5) is 4.79 Å². The Morgan fingerprint density at radius 2 is 1.87 bits per heavy atom. The summed E-state index contributed by atoms with van der Waals surface area (Å²) < 4.78 is 0. The van der Waals surface area contributed by atoms with E-state index in [4.69, 9.17) is 5.11 Å². The SMILES string of the molecule is CN(C)C(=O)NCC1(C(=O)O)CCCC1. The maximum Gasteiger partial charge on any atom is 0.316 e. The molecule has 86 valence electrons. The van der Waals surface area contributed by atoms with Crippen LogP contribution in [0.3, 0.4) is 0 Å². The lowest BCUT2D eigenvalue weighted by Crippen LogP contribution is -2.44. The number of nitrogens with one attached hydrogen (secondary N) is 1. The van der Waals surface area contributed by atoms with Crippen LogP contribution < -0.4 is 5.32 Å².